The second kappa shape index (κ2) is 7.21. The molecule has 0 bridgehead atoms. The highest BCUT2D eigenvalue weighted by Gasteiger charge is 2.25. The highest BCUT2D eigenvalue weighted by molar-refractivity contribution is 5.92. The van der Waals surface area contributed by atoms with Crippen LogP contribution < -0.4 is 5.56 Å². The maximum absolute atomic E-state index is 12.4. The minimum atomic E-state index is -0.0876. The number of amides is 1. The molecule has 0 radical (unpaired) electrons. The van der Waals surface area contributed by atoms with Crippen LogP contribution in [0.5, 0.6) is 0 Å². The molecule has 0 N–H and O–H groups in total. The lowest BCUT2D eigenvalue weighted by Crippen LogP contribution is -2.40. The summed E-state index contributed by atoms with van der Waals surface area (Å²) in [5, 5.41) is 3.79. The van der Waals surface area contributed by atoms with Crippen LogP contribution in [0.2, 0.25) is 0 Å². The highest BCUT2D eigenvalue weighted by atomic mass is 16.5. The van der Waals surface area contributed by atoms with E-state index in [9.17, 15) is 9.59 Å². The summed E-state index contributed by atoms with van der Waals surface area (Å²) in [5.74, 6) is 1.16. The van der Waals surface area contributed by atoms with E-state index in [0.29, 0.717) is 37.0 Å². The smallest absolute Gasteiger partial charge is 0.276 e. The van der Waals surface area contributed by atoms with Crippen molar-refractivity contribution in [2.75, 3.05) is 13.1 Å². The first-order chi connectivity index (χ1) is 11.9. The zero-order valence-corrected chi connectivity index (χ0v) is 14.9. The predicted molar refractivity (Wildman–Crippen MR) is 92.5 cm³/mol. The lowest BCUT2D eigenvalue weighted by molar-refractivity contribution is 0.0672. The Morgan fingerprint density at radius 3 is 2.60 bits per heavy atom. The standard InChI is InChI=1S/C18H24N4O3/c1-12(2)15-9-17(23)22(11-19-15)10-14-4-6-21(7-5-14)18(24)16-8-13(3)25-20-16/h8-9,11-12,14H,4-7,10H2,1-3H3. The van der Waals surface area contributed by atoms with Crippen LogP contribution in [0.15, 0.2) is 27.8 Å². The molecule has 0 atom stereocenters. The summed E-state index contributed by atoms with van der Waals surface area (Å²) in [4.78, 5) is 30.8. The maximum Gasteiger partial charge on any atom is 0.276 e. The predicted octanol–water partition coefficient (Wildman–Crippen LogP) is 2.22. The van der Waals surface area contributed by atoms with Crippen molar-refractivity contribution in [1.82, 2.24) is 19.6 Å². The third kappa shape index (κ3) is 3.97. The van der Waals surface area contributed by atoms with Gasteiger partial charge in [0, 0.05) is 31.8 Å². The molecular weight excluding hydrogens is 320 g/mol. The van der Waals surface area contributed by atoms with Gasteiger partial charge in [-0.05, 0) is 31.6 Å². The van der Waals surface area contributed by atoms with E-state index in [2.05, 4.69) is 10.1 Å². The van der Waals surface area contributed by atoms with Gasteiger partial charge in [0.1, 0.15) is 5.76 Å². The Kier molecular flexibility index (Phi) is 5.01. The molecule has 3 rings (SSSR count). The zero-order chi connectivity index (χ0) is 18.0. The van der Waals surface area contributed by atoms with Gasteiger partial charge in [0.2, 0.25) is 0 Å². The first-order valence-electron chi connectivity index (χ1n) is 8.73. The minimum Gasteiger partial charge on any atom is -0.361 e. The molecule has 0 spiro atoms. The van der Waals surface area contributed by atoms with Crippen molar-refractivity contribution in [2.45, 2.75) is 46.1 Å². The molecule has 134 valence electrons. The largest absolute Gasteiger partial charge is 0.361 e. The van der Waals surface area contributed by atoms with Gasteiger partial charge in [0.25, 0.3) is 11.5 Å². The number of hydrogen-bond acceptors (Lipinski definition) is 5. The van der Waals surface area contributed by atoms with E-state index < -0.39 is 0 Å². The number of rotatable bonds is 4. The van der Waals surface area contributed by atoms with Gasteiger partial charge in [-0.2, -0.15) is 0 Å². The number of aromatic nitrogens is 3. The normalized spacial score (nSPS) is 15.8. The van der Waals surface area contributed by atoms with Crippen LogP contribution >= 0.6 is 0 Å². The summed E-state index contributed by atoms with van der Waals surface area (Å²) in [5.41, 5.74) is 1.18. The van der Waals surface area contributed by atoms with Gasteiger partial charge in [-0.25, -0.2) is 4.98 Å². The molecule has 1 aliphatic rings. The topological polar surface area (TPSA) is 81.2 Å². The van der Waals surface area contributed by atoms with Gasteiger partial charge in [-0.3, -0.25) is 14.2 Å². The maximum atomic E-state index is 12.4. The number of nitrogens with zero attached hydrogens (tertiary/aromatic N) is 4. The van der Waals surface area contributed by atoms with Crippen LogP contribution in [0.1, 0.15) is 54.5 Å². The van der Waals surface area contributed by atoms with Gasteiger partial charge in [-0.15, -0.1) is 0 Å². The second-order valence-electron chi connectivity index (χ2n) is 7.02. The van der Waals surface area contributed by atoms with Gasteiger partial charge >= 0.3 is 0 Å². The van der Waals surface area contributed by atoms with E-state index in [0.717, 1.165) is 18.5 Å². The molecule has 2 aromatic heterocycles. The van der Waals surface area contributed by atoms with E-state index in [4.69, 9.17) is 4.52 Å². The number of piperidine rings is 1. The first kappa shape index (κ1) is 17.4. The zero-order valence-electron chi connectivity index (χ0n) is 14.9. The Labute approximate surface area is 146 Å². The van der Waals surface area contributed by atoms with Crippen LogP contribution in [0, 0.1) is 12.8 Å². The Bertz CT molecular complexity index is 801. The molecule has 1 saturated heterocycles. The monoisotopic (exact) mass is 344 g/mol. The summed E-state index contributed by atoms with van der Waals surface area (Å²) in [7, 11) is 0. The third-order valence-corrected chi connectivity index (χ3v) is 4.70. The Morgan fingerprint density at radius 1 is 1.32 bits per heavy atom. The lowest BCUT2D eigenvalue weighted by Gasteiger charge is -2.31. The average Bonchev–Trinajstić information content (AvgIpc) is 3.03. The Hall–Kier alpha value is -2.44. The van der Waals surface area contributed by atoms with Crippen LogP contribution in [-0.2, 0) is 6.54 Å². The summed E-state index contributed by atoms with van der Waals surface area (Å²) in [6.07, 6.45) is 3.37. The van der Waals surface area contributed by atoms with Crippen molar-refractivity contribution in [1.29, 1.82) is 0 Å². The van der Waals surface area contributed by atoms with Gasteiger partial charge < -0.3 is 9.42 Å². The van der Waals surface area contributed by atoms with Crippen molar-refractivity contribution in [3.8, 4) is 0 Å². The fourth-order valence-electron chi connectivity index (χ4n) is 3.12. The van der Waals surface area contributed by atoms with Crippen molar-refractivity contribution >= 4 is 5.91 Å². The van der Waals surface area contributed by atoms with Crippen molar-refractivity contribution in [3.05, 3.63) is 46.0 Å². The SMILES string of the molecule is Cc1cc(C(=O)N2CCC(Cn3cnc(C(C)C)cc3=O)CC2)no1. The average molecular weight is 344 g/mol. The van der Waals surface area contributed by atoms with E-state index >= 15 is 0 Å². The fourth-order valence-corrected chi connectivity index (χ4v) is 3.12. The van der Waals surface area contributed by atoms with Crippen LogP contribution in [-0.4, -0.2) is 38.6 Å². The van der Waals surface area contributed by atoms with Crippen molar-refractivity contribution in [3.63, 3.8) is 0 Å². The number of aryl methyl sites for hydroxylation is 1. The molecule has 0 unspecified atom stereocenters. The Balaban J connectivity index is 1.58. The second-order valence-corrected chi connectivity index (χ2v) is 7.02. The Morgan fingerprint density at radius 2 is 2.04 bits per heavy atom. The molecule has 1 aliphatic heterocycles. The number of carbonyl (C=O) groups excluding carboxylic acids is 1. The molecule has 7 heteroatoms. The molecular formula is C18H24N4O3. The molecule has 0 saturated carbocycles. The molecule has 7 nitrogen and oxygen atoms in total. The summed E-state index contributed by atoms with van der Waals surface area (Å²) in [6, 6.07) is 3.28. The summed E-state index contributed by atoms with van der Waals surface area (Å²) < 4.78 is 6.65. The fraction of sp³-hybridized carbons (Fsp3) is 0.556. The minimum absolute atomic E-state index is 0.00437. The highest BCUT2D eigenvalue weighted by Crippen LogP contribution is 2.20. The van der Waals surface area contributed by atoms with E-state index in [-0.39, 0.29) is 17.4 Å². The molecule has 0 aliphatic carbocycles. The molecule has 1 amide bonds. The number of likely N-dealkylation sites (tertiary alicyclic amines) is 1. The molecule has 3 heterocycles. The lowest BCUT2D eigenvalue weighted by atomic mass is 9.96. The van der Waals surface area contributed by atoms with E-state index in [1.807, 2.05) is 13.8 Å². The first-order valence-corrected chi connectivity index (χ1v) is 8.73. The number of carbonyl (C=O) groups is 1. The van der Waals surface area contributed by atoms with Crippen LogP contribution in [0.25, 0.3) is 0 Å². The van der Waals surface area contributed by atoms with Crippen molar-refractivity contribution < 1.29 is 9.32 Å². The van der Waals surface area contributed by atoms with Gasteiger partial charge in [0.05, 0.1) is 12.0 Å². The summed E-state index contributed by atoms with van der Waals surface area (Å²) >= 11 is 0. The van der Waals surface area contributed by atoms with Crippen LogP contribution in [0.4, 0.5) is 0 Å². The number of hydrogen-bond donors (Lipinski definition) is 0. The van der Waals surface area contributed by atoms with E-state index in [1.165, 1.54) is 0 Å². The van der Waals surface area contributed by atoms with Crippen LogP contribution in [0.3, 0.4) is 0 Å². The van der Waals surface area contributed by atoms with Crippen molar-refractivity contribution in [2.24, 2.45) is 5.92 Å². The van der Waals surface area contributed by atoms with Gasteiger partial charge in [-0.1, -0.05) is 19.0 Å². The van der Waals surface area contributed by atoms with E-state index in [1.54, 1.807) is 34.9 Å². The molecule has 0 aromatic carbocycles. The molecule has 25 heavy (non-hydrogen) atoms. The molecule has 2 aromatic rings. The summed E-state index contributed by atoms with van der Waals surface area (Å²) in [6.45, 7) is 7.80. The quantitative estimate of drug-likeness (QED) is 0.849. The third-order valence-electron chi connectivity index (χ3n) is 4.70. The molecule has 1 fully saturated rings. The van der Waals surface area contributed by atoms with Gasteiger partial charge in [0.15, 0.2) is 5.69 Å².